The van der Waals surface area contributed by atoms with Gasteiger partial charge in [0, 0.05) is 36.1 Å². The minimum absolute atomic E-state index is 0.297. The van der Waals surface area contributed by atoms with Crippen molar-refractivity contribution in [1.82, 2.24) is 10.2 Å². The van der Waals surface area contributed by atoms with E-state index in [0.29, 0.717) is 11.6 Å². The Balaban J connectivity index is 2.10. The maximum atomic E-state index is 6.07. The molecule has 1 fully saturated rings. The van der Waals surface area contributed by atoms with Crippen LogP contribution >= 0.6 is 22.9 Å². The second-order valence-electron chi connectivity index (χ2n) is 5.92. The summed E-state index contributed by atoms with van der Waals surface area (Å²) in [5, 5.41) is 3.82. The summed E-state index contributed by atoms with van der Waals surface area (Å²) in [5.41, 5.74) is 0.297. The van der Waals surface area contributed by atoms with E-state index in [4.69, 9.17) is 11.6 Å². The summed E-state index contributed by atoms with van der Waals surface area (Å²) in [6.45, 7) is 10.2. The molecule has 4 heteroatoms. The summed E-state index contributed by atoms with van der Waals surface area (Å²) in [6, 6.07) is 4.86. The van der Waals surface area contributed by atoms with E-state index in [9.17, 15) is 0 Å². The van der Waals surface area contributed by atoms with Crippen LogP contribution in [-0.4, -0.2) is 29.6 Å². The highest BCUT2D eigenvalue weighted by molar-refractivity contribution is 7.16. The zero-order chi connectivity index (χ0) is 14.6. The van der Waals surface area contributed by atoms with Gasteiger partial charge in [-0.1, -0.05) is 38.8 Å². The smallest absolute Gasteiger partial charge is 0.0931 e. The van der Waals surface area contributed by atoms with Crippen molar-refractivity contribution in [3.8, 4) is 0 Å². The Bertz CT molecular complexity index is 414. The Morgan fingerprint density at radius 1 is 1.35 bits per heavy atom. The van der Waals surface area contributed by atoms with Gasteiger partial charge in [0.25, 0.3) is 0 Å². The van der Waals surface area contributed by atoms with Gasteiger partial charge >= 0.3 is 0 Å². The van der Waals surface area contributed by atoms with E-state index in [2.05, 4.69) is 37.1 Å². The number of piperazine rings is 1. The summed E-state index contributed by atoms with van der Waals surface area (Å²) >= 11 is 7.79. The molecule has 1 aromatic heterocycles. The molecule has 2 heterocycles. The van der Waals surface area contributed by atoms with Crippen LogP contribution in [0.25, 0.3) is 0 Å². The molecule has 1 unspecified atom stereocenters. The van der Waals surface area contributed by atoms with Crippen molar-refractivity contribution < 1.29 is 0 Å². The van der Waals surface area contributed by atoms with Crippen molar-refractivity contribution in [2.45, 2.75) is 64.6 Å². The number of hydrogen-bond acceptors (Lipinski definition) is 3. The molecule has 0 saturated carbocycles. The zero-order valence-electron chi connectivity index (χ0n) is 12.9. The van der Waals surface area contributed by atoms with Gasteiger partial charge in [-0.15, -0.1) is 11.3 Å². The fourth-order valence-corrected chi connectivity index (χ4v) is 4.31. The van der Waals surface area contributed by atoms with Crippen LogP contribution < -0.4 is 5.32 Å². The van der Waals surface area contributed by atoms with E-state index in [-0.39, 0.29) is 0 Å². The summed E-state index contributed by atoms with van der Waals surface area (Å²) in [5.74, 6) is 0. The van der Waals surface area contributed by atoms with E-state index in [1.165, 1.54) is 30.6 Å². The van der Waals surface area contributed by atoms with Gasteiger partial charge in [-0.2, -0.15) is 0 Å². The maximum Gasteiger partial charge on any atom is 0.0931 e. The predicted molar refractivity (Wildman–Crippen MR) is 89.8 cm³/mol. The lowest BCUT2D eigenvalue weighted by molar-refractivity contribution is 0.0625. The first kappa shape index (κ1) is 16.3. The van der Waals surface area contributed by atoms with Crippen molar-refractivity contribution in [3.63, 3.8) is 0 Å². The zero-order valence-corrected chi connectivity index (χ0v) is 14.5. The summed E-state index contributed by atoms with van der Waals surface area (Å²) in [6.07, 6.45) is 4.92. The number of nitrogens with zero attached hydrogens (tertiary/aromatic N) is 1. The number of thiophene rings is 1. The number of halogens is 1. The maximum absolute atomic E-state index is 6.07. The molecular formula is C16H27ClN2S. The van der Waals surface area contributed by atoms with Gasteiger partial charge < -0.3 is 5.32 Å². The monoisotopic (exact) mass is 314 g/mol. The van der Waals surface area contributed by atoms with Gasteiger partial charge in [0.15, 0.2) is 0 Å². The topological polar surface area (TPSA) is 15.3 Å². The Labute approximate surface area is 132 Å². The second-order valence-corrected chi connectivity index (χ2v) is 7.72. The molecule has 114 valence electrons. The molecule has 1 aliphatic heterocycles. The van der Waals surface area contributed by atoms with Gasteiger partial charge in [-0.05, 0) is 31.4 Å². The third-order valence-corrected chi connectivity index (χ3v) is 5.91. The fourth-order valence-electron chi connectivity index (χ4n) is 3.20. The van der Waals surface area contributed by atoms with Crippen LogP contribution in [0, 0.1) is 0 Å². The lowest BCUT2D eigenvalue weighted by atomic mass is 9.87. The molecule has 2 rings (SSSR count). The molecule has 1 aromatic rings. The van der Waals surface area contributed by atoms with E-state index >= 15 is 0 Å². The molecule has 2 nitrogen and oxygen atoms in total. The average molecular weight is 315 g/mol. The van der Waals surface area contributed by atoms with Crippen LogP contribution in [0.15, 0.2) is 12.1 Å². The van der Waals surface area contributed by atoms with E-state index < -0.39 is 0 Å². The highest BCUT2D eigenvalue weighted by Gasteiger charge is 2.36. The number of hydrogen-bond donors (Lipinski definition) is 1. The van der Waals surface area contributed by atoms with Gasteiger partial charge in [0.05, 0.1) is 4.34 Å². The molecule has 0 spiro atoms. The lowest BCUT2D eigenvalue weighted by Gasteiger charge is -2.47. The SMILES string of the molecule is CCCC1CNC(CC)(CC)CN1Cc1ccc(Cl)s1. The third kappa shape index (κ3) is 3.76. The van der Waals surface area contributed by atoms with Gasteiger partial charge in [0.1, 0.15) is 0 Å². The molecule has 20 heavy (non-hydrogen) atoms. The quantitative estimate of drug-likeness (QED) is 0.829. The van der Waals surface area contributed by atoms with Crippen LogP contribution in [0.1, 0.15) is 51.3 Å². The minimum atomic E-state index is 0.297. The summed E-state index contributed by atoms with van der Waals surface area (Å²) in [7, 11) is 0. The molecular weight excluding hydrogens is 288 g/mol. The normalized spacial score (nSPS) is 23.1. The fraction of sp³-hybridized carbons (Fsp3) is 0.750. The molecule has 1 atom stereocenters. The van der Waals surface area contributed by atoms with Crippen molar-refractivity contribution in [2.24, 2.45) is 0 Å². The molecule has 0 bridgehead atoms. The number of rotatable bonds is 6. The Morgan fingerprint density at radius 3 is 2.65 bits per heavy atom. The molecule has 0 amide bonds. The molecule has 1 aliphatic rings. The van der Waals surface area contributed by atoms with Crippen LogP contribution in [0.4, 0.5) is 0 Å². The molecule has 0 aromatic carbocycles. The predicted octanol–water partition coefficient (Wildman–Crippen LogP) is 4.53. The number of nitrogens with one attached hydrogen (secondary N) is 1. The minimum Gasteiger partial charge on any atom is -0.308 e. The van der Waals surface area contributed by atoms with Crippen LogP contribution in [-0.2, 0) is 6.54 Å². The van der Waals surface area contributed by atoms with Crippen molar-refractivity contribution in [2.75, 3.05) is 13.1 Å². The van der Waals surface area contributed by atoms with Crippen molar-refractivity contribution in [3.05, 3.63) is 21.3 Å². The largest absolute Gasteiger partial charge is 0.308 e. The third-order valence-electron chi connectivity index (χ3n) is 4.70. The molecule has 0 radical (unpaired) electrons. The van der Waals surface area contributed by atoms with E-state index in [1.807, 2.05) is 6.07 Å². The summed E-state index contributed by atoms with van der Waals surface area (Å²) in [4.78, 5) is 4.06. The molecule has 1 N–H and O–H groups in total. The van der Waals surface area contributed by atoms with Gasteiger partial charge in [-0.25, -0.2) is 0 Å². The van der Waals surface area contributed by atoms with Crippen molar-refractivity contribution >= 4 is 22.9 Å². The van der Waals surface area contributed by atoms with E-state index in [1.54, 1.807) is 11.3 Å². The van der Waals surface area contributed by atoms with Gasteiger partial charge in [0.2, 0.25) is 0 Å². The van der Waals surface area contributed by atoms with E-state index in [0.717, 1.165) is 24.0 Å². The van der Waals surface area contributed by atoms with Crippen LogP contribution in [0.3, 0.4) is 0 Å². The van der Waals surface area contributed by atoms with Crippen LogP contribution in [0.2, 0.25) is 4.34 Å². The lowest BCUT2D eigenvalue weighted by Crippen LogP contribution is -2.63. The van der Waals surface area contributed by atoms with Crippen molar-refractivity contribution in [1.29, 1.82) is 0 Å². The van der Waals surface area contributed by atoms with Gasteiger partial charge in [-0.3, -0.25) is 4.90 Å². The Hall–Kier alpha value is -0.0900. The first-order chi connectivity index (χ1) is 9.62. The average Bonchev–Trinajstić information content (AvgIpc) is 2.86. The first-order valence-electron chi connectivity index (χ1n) is 7.85. The standard InChI is InChI=1S/C16H27ClN2S/c1-4-7-13-10-18-16(5-2,6-3)12-19(13)11-14-8-9-15(17)20-14/h8-9,13,18H,4-7,10-12H2,1-3H3. The second kappa shape index (κ2) is 7.26. The Kier molecular flexibility index (Phi) is 5.91. The Morgan fingerprint density at radius 2 is 2.10 bits per heavy atom. The first-order valence-corrected chi connectivity index (χ1v) is 9.05. The summed E-state index contributed by atoms with van der Waals surface area (Å²) < 4.78 is 0.902. The highest BCUT2D eigenvalue weighted by Crippen LogP contribution is 2.28. The highest BCUT2D eigenvalue weighted by atomic mass is 35.5. The molecule has 0 aliphatic carbocycles. The van der Waals surface area contributed by atoms with Crippen LogP contribution in [0.5, 0.6) is 0 Å². The molecule has 1 saturated heterocycles.